The van der Waals surface area contributed by atoms with E-state index in [1.807, 2.05) is 39.8 Å². The van der Waals surface area contributed by atoms with Gasteiger partial charge >= 0.3 is 0 Å². The molecule has 1 heterocycles. The molecule has 0 saturated carbocycles. The third-order valence-corrected chi connectivity index (χ3v) is 2.62. The quantitative estimate of drug-likeness (QED) is 0.436. The molecule has 0 aliphatic heterocycles. The number of hydrogen-bond donors (Lipinski definition) is 2. The highest BCUT2D eigenvalue weighted by Crippen LogP contribution is 2.15. The van der Waals surface area contributed by atoms with E-state index in [9.17, 15) is 0 Å². The van der Waals surface area contributed by atoms with Crippen molar-refractivity contribution >= 4 is 5.96 Å². The van der Waals surface area contributed by atoms with Gasteiger partial charge in [-0.05, 0) is 39.7 Å². The number of nitrogens with one attached hydrogen (secondary N) is 1. The van der Waals surface area contributed by atoms with Crippen LogP contribution in [0.5, 0.6) is 5.88 Å². The minimum Gasteiger partial charge on any atom is -0.472 e. The van der Waals surface area contributed by atoms with E-state index < -0.39 is 0 Å². The highest BCUT2D eigenvalue weighted by molar-refractivity contribution is 5.77. The second-order valence-corrected chi connectivity index (χ2v) is 5.90. The highest BCUT2D eigenvalue weighted by atomic mass is 16.5. The van der Waals surface area contributed by atoms with Gasteiger partial charge in [-0.25, -0.2) is 9.98 Å². The Kier molecular flexibility index (Phi) is 7.66. The van der Waals surface area contributed by atoms with Gasteiger partial charge in [0, 0.05) is 32.0 Å². The summed E-state index contributed by atoms with van der Waals surface area (Å²) >= 11 is 0. The summed E-state index contributed by atoms with van der Waals surface area (Å²) in [6, 6.07) is 3.79. The minimum atomic E-state index is -0.248. The Morgan fingerprint density at radius 3 is 2.73 bits per heavy atom. The first-order valence-corrected chi connectivity index (χ1v) is 7.66. The number of ether oxygens (including phenoxy) is 2. The van der Waals surface area contributed by atoms with Crippen LogP contribution in [-0.2, 0) is 11.3 Å². The van der Waals surface area contributed by atoms with Crippen molar-refractivity contribution in [3.8, 4) is 5.88 Å². The summed E-state index contributed by atoms with van der Waals surface area (Å²) < 4.78 is 10.9. The van der Waals surface area contributed by atoms with Gasteiger partial charge in [0.15, 0.2) is 5.96 Å². The molecule has 6 heteroatoms. The third kappa shape index (κ3) is 8.46. The number of rotatable bonds is 8. The van der Waals surface area contributed by atoms with E-state index in [-0.39, 0.29) is 5.60 Å². The van der Waals surface area contributed by atoms with Gasteiger partial charge in [0.2, 0.25) is 5.88 Å². The van der Waals surface area contributed by atoms with E-state index in [0.29, 0.717) is 18.4 Å². The van der Waals surface area contributed by atoms with Crippen molar-refractivity contribution in [2.24, 2.45) is 10.7 Å². The van der Waals surface area contributed by atoms with Crippen LogP contribution in [-0.4, -0.2) is 36.3 Å². The summed E-state index contributed by atoms with van der Waals surface area (Å²) in [5.41, 5.74) is 6.54. The summed E-state index contributed by atoms with van der Waals surface area (Å²) in [7, 11) is 0. The molecule has 1 rings (SSSR count). The average molecular weight is 308 g/mol. The number of aliphatic imine (C=N–C) groups is 1. The lowest BCUT2D eigenvalue weighted by atomic mass is 10.2. The molecule has 0 bridgehead atoms. The molecule has 0 aliphatic carbocycles. The highest BCUT2D eigenvalue weighted by Gasteiger charge is 2.12. The van der Waals surface area contributed by atoms with E-state index in [4.69, 9.17) is 15.2 Å². The monoisotopic (exact) mass is 308 g/mol. The van der Waals surface area contributed by atoms with E-state index in [0.717, 1.165) is 31.7 Å². The molecule has 0 radical (unpaired) electrons. The fourth-order valence-corrected chi connectivity index (χ4v) is 1.65. The number of pyridine rings is 1. The number of guanidine groups is 1. The second-order valence-electron chi connectivity index (χ2n) is 5.90. The summed E-state index contributed by atoms with van der Waals surface area (Å²) in [6.45, 7) is 10.7. The normalized spacial score (nSPS) is 12.3. The standard InChI is InChI=1S/C16H28N4O2/c1-5-21-10-6-9-18-15(17)20-12-13-7-8-14(19-11-13)22-16(2,3)4/h7-8,11H,5-6,9-10,12H2,1-4H3,(H3,17,18,20). The van der Waals surface area contributed by atoms with Crippen LogP contribution in [0.1, 0.15) is 39.7 Å². The zero-order valence-corrected chi connectivity index (χ0v) is 14.1. The number of nitrogens with two attached hydrogens (primary N) is 1. The van der Waals surface area contributed by atoms with E-state index in [1.165, 1.54) is 0 Å². The fraction of sp³-hybridized carbons (Fsp3) is 0.625. The summed E-state index contributed by atoms with van der Waals surface area (Å²) in [6.07, 6.45) is 2.66. The van der Waals surface area contributed by atoms with Crippen molar-refractivity contribution < 1.29 is 9.47 Å². The van der Waals surface area contributed by atoms with Crippen LogP contribution in [0.3, 0.4) is 0 Å². The van der Waals surface area contributed by atoms with Gasteiger partial charge in [-0.3, -0.25) is 0 Å². The van der Waals surface area contributed by atoms with Gasteiger partial charge in [0.05, 0.1) is 6.54 Å². The molecule has 0 aliphatic rings. The van der Waals surface area contributed by atoms with Crippen molar-refractivity contribution in [3.63, 3.8) is 0 Å². The van der Waals surface area contributed by atoms with Crippen molar-refractivity contribution in [1.29, 1.82) is 0 Å². The van der Waals surface area contributed by atoms with E-state index in [2.05, 4.69) is 15.3 Å². The largest absolute Gasteiger partial charge is 0.472 e. The van der Waals surface area contributed by atoms with Crippen molar-refractivity contribution in [2.75, 3.05) is 19.8 Å². The number of hydrogen-bond acceptors (Lipinski definition) is 4. The lowest BCUT2D eigenvalue weighted by Gasteiger charge is -2.20. The maximum absolute atomic E-state index is 5.80. The van der Waals surface area contributed by atoms with Crippen LogP contribution in [0.25, 0.3) is 0 Å². The summed E-state index contributed by atoms with van der Waals surface area (Å²) in [4.78, 5) is 8.55. The molecule has 6 nitrogen and oxygen atoms in total. The van der Waals surface area contributed by atoms with Gasteiger partial charge in [0.1, 0.15) is 5.60 Å². The molecule has 0 spiro atoms. The summed E-state index contributed by atoms with van der Waals surface area (Å²) in [5.74, 6) is 1.05. The summed E-state index contributed by atoms with van der Waals surface area (Å²) in [5, 5.41) is 3.06. The predicted octanol–water partition coefficient (Wildman–Crippen LogP) is 2.09. The fourth-order valence-electron chi connectivity index (χ4n) is 1.65. The van der Waals surface area contributed by atoms with Crippen LogP contribution in [0.15, 0.2) is 23.3 Å². The van der Waals surface area contributed by atoms with Crippen LogP contribution in [0.4, 0.5) is 0 Å². The topological polar surface area (TPSA) is 81.8 Å². The molecule has 0 atom stereocenters. The lowest BCUT2D eigenvalue weighted by Crippen LogP contribution is -2.32. The minimum absolute atomic E-state index is 0.248. The van der Waals surface area contributed by atoms with Gasteiger partial charge in [-0.2, -0.15) is 0 Å². The molecule has 0 fully saturated rings. The first kappa shape index (κ1) is 18.2. The Labute approximate surface area is 133 Å². The molecule has 22 heavy (non-hydrogen) atoms. The third-order valence-electron chi connectivity index (χ3n) is 2.62. The maximum atomic E-state index is 5.80. The Hall–Kier alpha value is -1.82. The SMILES string of the molecule is CCOCCCNC(N)=NCc1ccc(OC(C)(C)C)nc1. The van der Waals surface area contributed by atoms with Crippen molar-refractivity contribution in [1.82, 2.24) is 10.3 Å². The van der Waals surface area contributed by atoms with Crippen LogP contribution in [0.2, 0.25) is 0 Å². The Morgan fingerprint density at radius 1 is 1.36 bits per heavy atom. The molecule has 1 aromatic rings. The smallest absolute Gasteiger partial charge is 0.213 e. The Morgan fingerprint density at radius 2 is 2.14 bits per heavy atom. The lowest BCUT2D eigenvalue weighted by molar-refractivity contribution is 0.124. The molecule has 0 amide bonds. The van der Waals surface area contributed by atoms with Gasteiger partial charge in [-0.1, -0.05) is 6.07 Å². The van der Waals surface area contributed by atoms with Crippen LogP contribution >= 0.6 is 0 Å². The first-order valence-electron chi connectivity index (χ1n) is 7.66. The molecular formula is C16H28N4O2. The number of aromatic nitrogens is 1. The molecular weight excluding hydrogens is 280 g/mol. The van der Waals surface area contributed by atoms with Gasteiger partial charge < -0.3 is 20.5 Å². The molecule has 0 unspecified atom stereocenters. The molecule has 1 aromatic heterocycles. The van der Waals surface area contributed by atoms with E-state index in [1.54, 1.807) is 6.20 Å². The zero-order valence-electron chi connectivity index (χ0n) is 14.1. The van der Waals surface area contributed by atoms with Gasteiger partial charge in [0.25, 0.3) is 0 Å². The predicted molar refractivity (Wildman–Crippen MR) is 89.1 cm³/mol. The van der Waals surface area contributed by atoms with E-state index >= 15 is 0 Å². The first-order chi connectivity index (χ1) is 10.4. The Bertz CT molecular complexity index is 452. The van der Waals surface area contributed by atoms with Gasteiger partial charge in [-0.15, -0.1) is 0 Å². The maximum Gasteiger partial charge on any atom is 0.213 e. The second kappa shape index (κ2) is 9.25. The number of nitrogens with zero attached hydrogens (tertiary/aromatic N) is 2. The zero-order chi connectivity index (χ0) is 16.4. The molecule has 124 valence electrons. The van der Waals surface area contributed by atoms with Crippen molar-refractivity contribution in [3.05, 3.63) is 23.9 Å². The molecule has 0 aromatic carbocycles. The van der Waals surface area contributed by atoms with Crippen molar-refractivity contribution in [2.45, 2.75) is 46.3 Å². The average Bonchev–Trinajstić information content (AvgIpc) is 2.45. The Balaban J connectivity index is 2.35. The van der Waals surface area contributed by atoms with Crippen LogP contribution in [0, 0.1) is 0 Å². The molecule has 0 saturated heterocycles. The van der Waals surface area contributed by atoms with Crippen LogP contribution < -0.4 is 15.8 Å². The molecule has 3 N–H and O–H groups in total.